The molecule has 0 saturated carbocycles. The van der Waals surface area contributed by atoms with E-state index in [1.807, 2.05) is 0 Å². The average molecular weight is 215 g/mol. The van der Waals surface area contributed by atoms with Crippen molar-refractivity contribution in [1.29, 1.82) is 0 Å². The Balaban J connectivity index is 3.27. The molecule has 15 heavy (non-hydrogen) atoms. The second-order valence-electron chi connectivity index (χ2n) is 3.43. The Hall–Kier alpha value is -1.52. The Morgan fingerprint density at radius 3 is 2.40 bits per heavy atom. The number of carboxylic acid groups (broad SMARTS) is 1. The molecular formula is C10H11F2NO2. The molecule has 1 aromatic rings. The number of aromatic nitrogens is 1. The molecule has 82 valence electrons. The molecule has 0 aliphatic carbocycles. The fourth-order valence-corrected chi connectivity index (χ4v) is 1.16. The van der Waals surface area contributed by atoms with Gasteiger partial charge in [0.1, 0.15) is 5.69 Å². The van der Waals surface area contributed by atoms with Crippen LogP contribution in [0.25, 0.3) is 0 Å². The van der Waals surface area contributed by atoms with Crippen LogP contribution >= 0.6 is 0 Å². The van der Waals surface area contributed by atoms with Gasteiger partial charge in [-0.2, -0.15) is 0 Å². The average Bonchev–Trinajstić information content (AvgIpc) is 2.16. The Morgan fingerprint density at radius 1 is 1.40 bits per heavy atom. The van der Waals surface area contributed by atoms with Crippen LogP contribution in [0.15, 0.2) is 12.1 Å². The zero-order valence-electron chi connectivity index (χ0n) is 8.37. The van der Waals surface area contributed by atoms with E-state index in [1.54, 1.807) is 13.8 Å². The maximum Gasteiger partial charge on any atom is 0.337 e. The standard InChI is InChI=1S/C10H11F2NO2/c1-5(2)7-4-3-6(10(14)15)8(13-7)9(11)12/h3-5,9H,1-2H3,(H,14,15). The smallest absolute Gasteiger partial charge is 0.337 e. The highest BCUT2D eigenvalue weighted by molar-refractivity contribution is 5.88. The highest BCUT2D eigenvalue weighted by Crippen LogP contribution is 2.23. The molecular weight excluding hydrogens is 204 g/mol. The van der Waals surface area contributed by atoms with Crippen LogP contribution in [-0.2, 0) is 0 Å². The number of carboxylic acids is 1. The second-order valence-corrected chi connectivity index (χ2v) is 3.43. The van der Waals surface area contributed by atoms with Gasteiger partial charge in [0.15, 0.2) is 0 Å². The minimum absolute atomic E-state index is 0.00894. The first-order chi connectivity index (χ1) is 6.93. The molecule has 0 bridgehead atoms. The zero-order valence-corrected chi connectivity index (χ0v) is 8.37. The number of halogens is 2. The van der Waals surface area contributed by atoms with E-state index in [4.69, 9.17) is 5.11 Å². The Labute approximate surface area is 85.8 Å². The van der Waals surface area contributed by atoms with Crippen LogP contribution in [0, 0.1) is 0 Å². The molecule has 0 radical (unpaired) electrons. The van der Waals surface area contributed by atoms with Gasteiger partial charge < -0.3 is 5.11 Å². The summed E-state index contributed by atoms with van der Waals surface area (Å²) in [7, 11) is 0. The molecule has 0 aliphatic rings. The molecule has 3 nitrogen and oxygen atoms in total. The molecule has 0 amide bonds. The van der Waals surface area contributed by atoms with Crippen molar-refractivity contribution in [2.75, 3.05) is 0 Å². The third kappa shape index (κ3) is 2.49. The molecule has 1 heterocycles. The minimum Gasteiger partial charge on any atom is -0.478 e. The van der Waals surface area contributed by atoms with Crippen molar-refractivity contribution < 1.29 is 18.7 Å². The van der Waals surface area contributed by atoms with Gasteiger partial charge in [-0.3, -0.25) is 4.98 Å². The van der Waals surface area contributed by atoms with Crippen LogP contribution in [-0.4, -0.2) is 16.1 Å². The Kier molecular flexibility index (Phi) is 3.34. The van der Waals surface area contributed by atoms with E-state index >= 15 is 0 Å². The van der Waals surface area contributed by atoms with Crippen molar-refractivity contribution in [2.24, 2.45) is 0 Å². The van der Waals surface area contributed by atoms with Gasteiger partial charge in [-0.25, -0.2) is 13.6 Å². The lowest BCUT2D eigenvalue weighted by molar-refractivity contribution is 0.0682. The van der Waals surface area contributed by atoms with E-state index in [0.29, 0.717) is 5.69 Å². The number of aromatic carboxylic acids is 1. The molecule has 1 aromatic heterocycles. The van der Waals surface area contributed by atoms with Gasteiger partial charge in [0.2, 0.25) is 0 Å². The van der Waals surface area contributed by atoms with Gasteiger partial charge in [-0.1, -0.05) is 13.8 Å². The van der Waals surface area contributed by atoms with E-state index in [9.17, 15) is 13.6 Å². The molecule has 0 aliphatic heterocycles. The summed E-state index contributed by atoms with van der Waals surface area (Å²) in [6.45, 7) is 3.61. The summed E-state index contributed by atoms with van der Waals surface area (Å²) in [5.41, 5.74) is -0.626. The predicted octanol–water partition coefficient (Wildman–Crippen LogP) is 2.84. The van der Waals surface area contributed by atoms with Crippen LogP contribution in [0.5, 0.6) is 0 Å². The van der Waals surface area contributed by atoms with Crippen molar-refractivity contribution in [3.63, 3.8) is 0 Å². The summed E-state index contributed by atoms with van der Waals surface area (Å²) >= 11 is 0. The van der Waals surface area contributed by atoms with Crippen LogP contribution < -0.4 is 0 Å². The van der Waals surface area contributed by atoms with Crippen molar-refractivity contribution >= 4 is 5.97 Å². The summed E-state index contributed by atoms with van der Waals surface area (Å²) in [4.78, 5) is 14.3. The lowest BCUT2D eigenvalue weighted by Gasteiger charge is -2.09. The molecule has 0 spiro atoms. The van der Waals surface area contributed by atoms with Crippen molar-refractivity contribution in [1.82, 2.24) is 4.98 Å². The third-order valence-electron chi connectivity index (χ3n) is 1.97. The number of rotatable bonds is 3. The summed E-state index contributed by atoms with van der Waals surface area (Å²) < 4.78 is 25.0. The largest absolute Gasteiger partial charge is 0.478 e. The lowest BCUT2D eigenvalue weighted by atomic mass is 10.1. The Morgan fingerprint density at radius 2 is 2.00 bits per heavy atom. The van der Waals surface area contributed by atoms with Gasteiger partial charge >= 0.3 is 5.97 Å². The molecule has 1 rings (SSSR count). The SMILES string of the molecule is CC(C)c1ccc(C(=O)O)c(C(F)F)n1. The first-order valence-corrected chi connectivity index (χ1v) is 4.45. The summed E-state index contributed by atoms with van der Waals surface area (Å²) in [6, 6.07) is 2.63. The monoisotopic (exact) mass is 215 g/mol. The van der Waals surface area contributed by atoms with Gasteiger partial charge in [-0.15, -0.1) is 0 Å². The first kappa shape index (κ1) is 11.6. The number of hydrogen-bond donors (Lipinski definition) is 1. The molecule has 5 heteroatoms. The maximum atomic E-state index is 12.5. The highest BCUT2D eigenvalue weighted by Gasteiger charge is 2.20. The third-order valence-corrected chi connectivity index (χ3v) is 1.97. The summed E-state index contributed by atoms with van der Waals surface area (Å²) in [6.07, 6.45) is -2.87. The van der Waals surface area contributed by atoms with Crippen LogP contribution in [0.1, 0.15) is 47.9 Å². The lowest BCUT2D eigenvalue weighted by Crippen LogP contribution is -2.07. The number of alkyl halides is 2. The van der Waals surface area contributed by atoms with Crippen molar-refractivity contribution in [2.45, 2.75) is 26.2 Å². The van der Waals surface area contributed by atoms with Crippen molar-refractivity contribution in [3.8, 4) is 0 Å². The van der Waals surface area contributed by atoms with Crippen molar-refractivity contribution in [3.05, 3.63) is 29.1 Å². The quantitative estimate of drug-likeness (QED) is 0.843. The maximum absolute atomic E-state index is 12.5. The number of carbonyl (C=O) groups is 1. The normalized spacial score (nSPS) is 11.1. The first-order valence-electron chi connectivity index (χ1n) is 4.45. The molecule has 0 aromatic carbocycles. The summed E-state index contributed by atoms with van der Waals surface area (Å²) in [5.74, 6) is -1.39. The summed E-state index contributed by atoms with van der Waals surface area (Å²) in [5, 5.41) is 8.67. The van der Waals surface area contributed by atoms with Crippen LogP contribution in [0.2, 0.25) is 0 Å². The van der Waals surface area contributed by atoms with Gasteiger partial charge in [-0.05, 0) is 18.1 Å². The Bertz CT molecular complexity index is 378. The number of pyridine rings is 1. The fourth-order valence-electron chi connectivity index (χ4n) is 1.16. The van der Waals surface area contributed by atoms with E-state index < -0.39 is 23.7 Å². The topological polar surface area (TPSA) is 50.2 Å². The minimum atomic E-state index is -2.87. The van der Waals surface area contributed by atoms with Crippen LogP contribution in [0.4, 0.5) is 8.78 Å². The zero-order chi connectivity index (χ0) is 11.6. The van der Waals surface area contributed by atoms with Gasteiger partial charge in [0, 0.05) is 5.69 Å². The van der Waals surface area contributed by atoms with E-state index in [-0.39, 0.29) is 5.92 Å². The molecule has 0 fully saturated rings. The van der Waals surface area contributed by atoms with Crippen LogP contribution in [0.3, 0.4) is 0 Å². The van der Waals surface area contributed by atoms with E-state index in [2.05, 4.69) is 4.98 Å². The van der Waals surface area contributed by atoms with E-state index in [1.165, 1.54) is 12.1 Å². The second kappa shape index (κ2) is 4.33. The number of nitrogens with zero attached hydrogens (tertiary/aromatic N) is 1. The number of hydrogen-bond acceptors (Lipinski definition) is 2. The molecule has 0 unspecified atom stereocenters. The highest BCUT2D eigenvalue weighted by atomic mass is 19.3. The predicted molar refractivity (Wildman–Crippen MR) is 50.2 cm³/mol. The van der Waals surface area contributed by atoms with Gasteiger partial charge in [0.05, 0.1) is 5.56 Å². The van der Waals surface area contributed by atoms with E-state index in [0.717, 1.165) is 0 Å². The molecule has 1 N–H and O–H groups in total. The van der Waals surface area contributed by atoms with Gasteiger partial charge in [0.25, 0.3) is 6.43 Å². The molecule has 0 saturated heterocycles. The fraction of sp³-hybridized carbons (Fsp3) is 0.400. The molecule has 0 atom stereocenters.